The Hall–Kier alpha value is -3.52. The van der Waals surface area contributed by atoms with Gasteiger partial charge in [-0.05, 0) is 50.7 Å². The Balaban J connectivity index is 1.50. The number of benzene rings is 2. The average Bonchev–Trinajstić information content (AvgIpc) is 3.31. The lowest BCUT2D eigenvalue weighted by Crippen LogP contribution is -2.35. The van der Waals surface area contributed by atoms with E-state index < -0.39 is 0 Å². The first kappa shape index (κ1) is 20.7. The van der Waals surface area contributed by atoms with Gasteiger partial charge in [0.2, 0.25) is 0 Å². The molecule has 2 atom stereocenters. The second-order valence-electron chi connectivity index (χ2n) is 7.54. The van der Waals surface area contributed by atoms with E-state index in [9.17, 15) is 10.1 Å². The van der Waals surface area contributed by atoms with E-state index in [2.05, 4.69) is 27.9 Å². The van der Waals surface area contributed by atoms with Gasteiger partial charge in [0.15, 0.2) is 5.11 Å². The molecule has 0 fully saturated rings. The molecule has 0 spiro atoms. The molecule has 3 aromatic rings. The molecule has 7 nitrogen and oxygen atoms in total. The van der Waals surface area contributed by atoms with Gasteiger partial charge in [0.1, 0.15) is 5.69 Å². The van der Waals surface area contributed by atoms with Crippen LogP contribution < -0.4 is 10.6 Å². The number of nitro benzene ring substituents is 1. The lowest BCUT2D eigenvalue weighted by molar-refractivity contribution is -0.384. The highest BCUT2D eigenvalue weighted by molar-refractivity contribution is 7.80. The zero-order valence-corrected chi connectivity index (χ0v) is 18.1. The summed E-state index contributed by atoms with van der Waals surface area (Å²) in [5, 5.41) is 23.2. The monoisotopic (exact) mass is 433 g/mol. The Morgan fingerprint density at radius 3 is 2.58 bits per heavy atom. The number of nitro groups is 1. The average molecular weight is 434 g/mol. The van der Waals surface area contributed by atoms with Crippen LogP contribution in [0.25, 0.3) is 5.69 Å². The first-order valence-electron chi connectivity index (χ1n) is 10.0. The number of nitrogens with one attached hydrogen (secondary N) is 2. The van der Waals surface area contributed by atoms with E-state index in [1.54, 1.807) is 22.9 Å². The van der Waals surface area contributed by atoms with Crippen LogP contribution in [0.3, 0.4) is 0 Å². The van der Waals surface area contributed by atoms with Gasteiger partial charge in [-0.3, -0.25) is 10.1 Å². The van der Waals surface area contributed by atoms with E-state index in [0.29, 0.717) is 10.8 Å². The van der Waals surface area contributed by atoms with Crippen LogP contribution in [0.4, 0.5) is 11.4 Å². The molecule has 0 amide bonds. The summed E-state index contributed by atoms with van der Waals surface area (Å²) >= 11 is 5.45. The predicted molar refractivity (Wildman–Crippen MR) is 126 cm³/mol. The van der Waals surface area contributed by atoms with E-state index >= 15 is 0 Å². The van der Waals surface area contributed by atoms with Crippen LogP contribution in [-0.2, 0) is 0 Å². The Labute approximate surface area is 185 Å². The van der Waals surface area contributed by atoms with Crippen molar-refractivity contribution in [2.75, 3.05) is 5.32 Å². The molecule has 4 rings (SSSR count). The van der Waals surface area contributed by atoms with Crippen LogP contribution in [0.5, 0.6) is 0 Å². The molecule has 8 heteroatoms. The number of hydrogen-bond donors (Lipinski definition) is 2. The number of thiocarbonyl (C=S) groups is 1. The van der Waals surface area contributed by atoms with Crippen LogP contribution in [0.15, 0.2) is 66.7 Å². The number of hydrogen-bond acceptors (Lipinski definition) is 4. The fraction of sp³-hybridized carbons (Fsp3) is 0.217. The standard InChI is InChI=1S/C23H23N5O2S/c1-15-22(16(2)27(26-15)20-10-6-7-11-21(20)28(29)30)17-12-13-19(14-17)25-23(31)24-18-8-4-3-5-9-18/h3-13,17,19H,14H2,1-2H3,(H2,24,25,31)/t17-,19-/m1/s1. The molecule has 2 aromatic carbocycles. The van der Waals surface area contributed by atoms with Gasteiger partial charge in [0, 0.05) is 35.0 Å². The molecular weight excluding hydrogens is 410 g/mol. The van der Waals surface area contributed by atoms with Crippen molar-refractivity contribution in [3.05, 3.63) is 93.8 Å². The molecule has 0 radical (unpaired) electrons. The second kappa shape index (κ2) is 8.69. The minimum atomic E-state index is -0.373. The normalized spacial score (nSPS) is 17.5. The van der Waals surface area contributed by atoms with Crippen molar-refractivity contribution in [1.82, 2.24) is 15.1 Å². The van der Waals surface area contributed by atoms with Crippen molar-refractivity contribution in [2.45, 2.75) is 32.2 Å². The number of para-hydroxylation sites is 3. The van der Waals surface area contributed by atoms with Crippen molar-refractivity contribution in [2.24, 2.45) is 0 Å². The molecule has 1 aliphatic carbocycles. The highest BCUT2D eigenvalue weighted by atomic mass is 32.1. The smallest absolute Gasteiger partial charge is 0.294 e. The van der Waals surface area contributed by atoms with Crippen LogP contribution in [0.1, 0.15) is 29.3 Å². The fourth-order valence-electron chi connectivity index (χ4n) is 4.10. The third kappa shape index (κ3) is 4.34. The summed E-state index contributed by atoms with van der Waals surface area (Å²) in [6.07, 6.45) is 5.11. The zero-order valence-electron chi connectivity index (χ0n) is 17.3. The van der Waals surface area contributed by atoms with E-state index in [1.807, 2.05) is 44.2 Å². The summed E-state index contributed by atoms with van der Waals surface area (Å²) in [5.74, 6) is 0.161. The molecule has 1 heterocycles. The Kier molecular flexibility index (Phi) is 5.81. The summed E-state index contributed by atoms with van der Waals surface area (Å²) in [5.41, 5.74) is 4.34. The van der Waals surface area contributed by atoms with Gasteiger partial charge in [-0.2, -0.15) is 5.10 Å². The number of nitrogens with zero attached hydrogens (tertiary/aromatic N) is 3. The molecule has 0 saturated heterocycles. The van der Waals surface area contributed by atoms with E-state index in [-0.39, 0.29) is 22.6 Å². The highest BCUT2D eigenvalue weighted by Crippen LogP contribution is 2.35. The molecule has 0 unspecified atom stereocenters. The number of aryl methyl sites for hydroxylation is 1. The quantitative estimate of drug-likeness (QED) is 0.260. The zero-order chi connectivity index (χ0) is 22.0. The summed E-state index contributed by atoms with van der Waals surface area (Å²) in [6, 6.07) is 16.6. The number of aromatic nitrogens is 2. The fourth-order valence-corrected chi connectivity index (χ4v) is 4.37. The van der Waals surface area contributed by atoms with Gasteiger partial charge in [0.25, 0.3) is 5.69 Å². The van der Waals surface area contributed by atoms with Crippen molar-refractivity contribution >= 4 is 28.7 Å². The van der Waals surface area contributed by atoms with Crippen molar-refractivity contribution in [3.63, 3.8) is 0 Å². The predicted octanol–water partition coefficient (Wildman–Crippen LogP) is 4.80. The molecule has 0 bridgehead atoms. The molecule has 1 aromatic heterocycles. The summed E-state index contributed by atoms with van der Waals surface area (Å²) in [4.78, 5) is 11.1. The first-order valence-corrected chi connectivity index (χ1v) is 10.5. The largest absolute Gasteiger partial charge is 0.356 e. The Morgan fingerprint density at radius 1 is 1.13 bits per heavy atom. The number of allylic oxidation sites excluding steroid dienone is 1. The second-order valence-corrected chi connectivity index (χ2v) is 7.95. The van der Waals surface area contributed by atoms with Crippen LogP contribution in [0.2, 0.25) is 0 Å². The molecule has 0 aliphatic heterocycles. The van der Waals surface area contributed by atoms with Crippen LogP contribution in [0, 0.1) is 24.0 Å². The molecule has 0 saturated carbocycles. The van der Waals surface area contributed by atoms with Crippen LogP contribution in [-0.4, -0.2) is 25.9 Å². The molecule has 1 aliphatic rings. The summed E-state index contributed by atoms with van der Waals surface area (Å²) in [7, 11) is 0. The SMILES string of the molecule is Cc1nn(-c2ccccc2[N+](=O)[O-])c(C)c1[C@@H]1C=C[C@@H](NC(=S)Nc2ccccc2)C1. The van der Waals surface area contributed by atoms with E-state index in [0.717, 1.165) is 29.1 Å². The molecular formula is C23H23N5O2S. The van der Waals surface area contributed by atoms with Gasteiger partial charge in [-0.15, -0.1) is 0 Å². The lowest BCUT2D eigenvalue weighted by Gasteiger charge is -2.17. The maximum Gasteiger partial charge on any atom is 0.294 e. The number of rotatable bonds is 5. The van der Waals surface area contributed by atoms with Crippen LogP contribution >= 0.6 is 12.2 Å². The van der Waals surface area contributed by atoms with Gasteiger partial charge in [-0.1, -0.05) is 42.5 Å². The Morgan fingerprint density at radius 2 is 1.84 bits per heavy atom. The third-order valence-corrected chi connectivity index (χ3v) is 5.68. The number of anilines is 1. The molecule has 2 N–H and O–H groups in total. The van der Waals surface area contributed by atoms with Gasteiger partial charge >= 0.3 is 0 Å². The van der Waals surface area contributed by atoms with E-state index in [1.165, 1.54) is 6.07 Å². The highest BCUT2D eigenvalue weighted by Gasteiger charge is 2.28. The van der Waals surface area contributed by atoms with E-state index in [4.69, 9.17) is 12.2 Å². The molecule has 158 valence electrons. The summed E-state index contributed by atoms with van der Waals surface area (Å²) in [6.45, 7) is 3.91. The third-order valence-electron chi connectivity index (χ3n) is 5.46. The molecule has 31 heavy (non-hydrogen) atoms. The lowest BCUT2D eigenvalue weighted by atomic mass is 9.96. The maximum atomic E-state index is 11.5. The topological polar surface area (TPSA) is 85.0 Å². The minimum absolute atomic E-state index is 0.0403. The van der Waals surface area contributed by atoms with Crippen molar-refractivity contribution in [1.29, 1.82) is 0 Å². The van der Waals surface area contributed by atoms with Crippen molar-refractivity contribution < 1.29 is 4.92 Å². The van der Waals surface area contributed by atoms with Gasteiger partial charge in [0.05, 0.1) is 10.6 Å². The van der Waals surface area contributed by atoms with Gasteiger partial charge < -0.3 is 10.6 Å². The Bertz CT molecular complexity index is 1160. The van der Waals surface area contributed by atoms with Gasteiger partial charge in [-0.25, -0.2) is 4.68 Å². The van der Waals surface area contributed by atoms with Crippen molar-refractivity contribution in [3.8, 4) is 5.69 Å². The summed E-state index contributed by atoms with van der Waals surface area (Å²) < 4.78 is 1.68. The first-order chi connectivity index (χ1) is 14.9. The minimum Gasteiger partial charge on any atom is -0.356 e. The maximum absolute atomic E-state index is 11.5.